The molecule has 1 aromatic heterocycles. The van der Waals surface area contributed by atoms with Crippen LogP contribution in [0.15, 0.2) is 54.7 Å². The number of nitrogens with zero attached hydrogens (tertiary/aromatic N) is 2. The molecule has 0 saturated carbocycles. The van der Waals surface area contributed by atoms with Crippen molar-refractivity contribution in [2.24, 2.45) is 0 Å². The molecule has 2 aromatic carbocycles. The molecule has 1 heterocycles. The van der Waals surface area contributed by atoms with E-state index in [0.29, 0.717) is 27.7 Å². The first-order valence-electron chi connectivity index (χ1n) is 8.32. The van der Waals surface area contributed by atoms with Gasteiger partial charge in [0.05, 0.1) is 12.8 Å². The highest BCUT2D eigenvalue weighted by Gasteiger charge is 2.13. The lowest BCUT2D eigenvalue weighted by atomic mass is 10.1. The van der Waals surface area contributed by atoms with E-state index in [4.69, 9.17) is 16.3 Å². The second-order valence-electron chi connectivity index (χ2n) is 5.83. The van der Waals surface area contributed by atoms with Crippen LogP contribution in [0.2, 0.25) is 5.02 Å². The summed E-state index contributed by atoms with van der Waals surface area (Å²) in [4.78, 5) is 32.4. The molecule has 2 N–H and O–H groups in total. The SMILES string of the molecule is COc1ccc(Cl)cc1NC(=O)c1ccnc(Nc2cccc(C(C)=O)c2)n1. The number of aromatic nitrogens is 2. The number of Topliss-reactive ketones (excluding diaryl/α,β-unsaturated/α-hetero) is 1. The molecular formula is C20H17ClN4O3. The zero-order valence-corrected chi connectivity index (χ0v) is 15.9. The molecule has 0 aliphatic rings. The third-order valence-electron chi connectivity index (χ3n) is 3.82. The molecule has 8 heteroatoms. The van der Waals surface area contributed by atoms with E-state index in [2.05, 4.69) is 20.6 Å². The zero-order chi connectivity index (χ0) is 20.1. The largest absolute Gasteiger partial charge is 0.495 e. The van der Waals surface area contributed by atoms with Gasteiger partial charge in [-0.05, 0) is 43.3 Å². The van der Waals surface area contributed by atoms with Gasteiger partial charge in [0.2, 0.25) is 5.95 Å². The van der Waals surface area contributed by atoms with E-state index in [1.807, 2.05) is 0 Å². The minimum Gasteiger partial charge on any atom is -0.495 e. The zero-order valence-electron chi connectivity index (χ0n) is 15.2. The van der Waals surface area contributed by atoms with Crippen molar-refractivity contribution < 1.29 is 14.3 Å². The molecule has 0 fully saturated rings. The van der Waals surface area contributed by atoms with E-state index in [1.54, 1.807) is 42.5 Å². The molecule has 3 aromatic rings. The van der Waals surface area contributed by atoms with Gasteiger partial charge in [0, 0.05) is 22.5 Å². The lowest BCUT2D eigenvalue weighted by molar-refractivity contribution is 0.101. The maximum absolute atomic E-state index is 12.6. The van der Waals surface area contributed by atoms with Gasteiger partial charge in [-0.3, -0.25) is 9.59 Å². The van der Waals surface area contributed by atoms with Crippen molar-refractivity contribution in [3.05, 3.63) is 71.0 Å². The van der Waals surface area contributed by atoms with Crippen molar-refractivity contribution in [3.63, 3.8) is 0 Å². The summed E-state index contributed by atoms with van der Waals surface area (Å²) >= 11 is 5.99. The summed E-state index contributed by atoms with van der Waals surface area (Å²) in [5.41, 5.74) is 1.79. The molecule has 0 spiro atoms. The Kier molecular flexibility index (Phi) is 5.86. The topological polar surface area (TPSA) is 93.2 Å². The summed E-state index contributed by atoms with van der Waals surface area (Å²) < 4.78 is 5.22. The Morgan fingerprint density at radius 3 is 2.68 bits per heavy atom. The van der Waals surface area contributed by atoms with Gasteiger partial charge in [-0.25, -0.2) is 9.97 Å². The highest BCUT2D eigenvalue weighted by molar-refractivity contribution is 6.31. The second-order valence-corrected chi connectivity index (χ2v) is 6.26. The van der Waals surface area contributed by atoms with E-state index in [0.717, 1.165) is 0 Å². The van der Waals surface area contributed by atoms with Gasteiger partial charge < -0.3 is 15.4 Å². The Bertz CT molecular complexity index is 1040. The van der Waals surface area contributed by atoms with Crippen LogP contribution in [0.4, 0.5) is 17.3 Å². The van der Waals surface area contributed by atoms with E-state index in [1.165, 1.54) is 26.3 Å². The fraction of sp³-hybridized carbons (Fsp3) is 0.100. The minimum absolute atomic E-state index is 0.0480. The van der Waals surface area contributed by atoms with Crippen LogP contribution in [0.1, 0.15) is 27.8 Å². The number of benzene rings is 2. The average Bonchev–Trinajstić information content (AvgIpc) is 2.68. The predicted octanol–water partition coefficient (Wildman–Crippen LogP) is 4.34. The predicted molar refractivity (Wildman–Crippen MR) is 108 cm³/mol. The Morgan fingerprint density at radius 1 is 1.11 bits per heavy atom. The first-order valence-corrected chi connectivity index (χ1v) is 8.70. The number of anilines is 3. The molecule has 0 atom stereocenters. The fourth-order valence-corrected chi connectivity index (χ4v) is 2.63. The van der Waals surface area contributed by atoms with Crippen molar-refractivity contribution in [2.75, 3.05) is 17.7 Å². The Hall–Kier alpha value is -3.45. The number of ether oxygens (including phenoxy) is 1. The van der Waals surface area contributed by atoms with Crippen LogP contribution in [-0.4, -0.2) is 28.8 Å². The number of carbonyl (C=O) groups is 2. The first kappa shape index (κ1) is 19.3. The Morgan fingerprint density at radius 2 is 1.93 bits per heavy atom. The number of carbonyl (C=O) groups excluding carboxylic acids is 2. The van der Waals surface area contributed by atoms with Crippen molar-refractivity contribution >= 4 is 40.6 Å². The lowest BCUT2D eigenvalue weighted by Crippen LogP contribution is -2.15. The molecule has 7 nitrogen and oxygen atoms in total. The van der Waals surface area contributed by atoms with E-state index >= 15 is 0 Å². The maximum Gasteiger partial charge on any atom is 0.274 e. The van der Waals surface area contributed by atoms with Crippen LogP contribution in [0, 0.1) is 0 Å². The summed E-state index contributed by atoms with van der Waals surface area (Å²) in [5.74, 6) is 0.217. The van der Waals surface area contributed by atoms with Crippen LogP contribution < -0.4 is 15.4 Å². The number of methoxy groups -OCH3 is 1. The van der Waals surface area contributed by atoms with Gasteiger partial charge in [0.25, 0.3) is 5.91 Å². The molecule has 1 amide bonds. The Labute approximate surface area is 166 Å². The van der Waals surface area contributed by atoms with Crippen LogP contribution in [-0.2, 0) is 0 Å². The summed E-state index contributed by atoms with van der Waals surface area (Å²) in [7, 11) is 1.50. The monoisotopic (exact) mass is 396 g/mol. The molecule has 28 heavy (non-hydrogen) atoms. The number of nitrogens with one attached hydrogen (secondary N) is 2. The van der Waals surface area contributed by atoms with Gasteiger partial charge in [-0.1, -0.05) is 23.7 Å². The van der Waals surface area contributed by atoms with Crippen molar-refractivity contribution in [1.29, 1.82) is 0 Å². The fourth-order valence-electron chi connectivity index (χ4n) is 2.45. The summed E-state index contributed by atoms with van der Waals surface area (Å²) in [6, 6.07) is 13.3. The lowest BCUT2D eigenvalue weighted by Gasteiger charge is -2.11. The van der Waals surface area contributed by atoms with Crippen molar-refractivity contribution in [3.8, 4) is 5.75 Å². The van der Waals surface area contributed by atoms with Gasteiger partial charge in [0.15, 0.2) is 5.78 Å². The third-order valence-corrected chi connectivity index (χ3v) is 4.06. The van der Waals surface area contributed by atoms with Crippen LogP contribution in [0.5, 0.6) is 5.75 Å². The average molecular weight is 397 g/mol. The van der Waals surface area contributed by atoms with Crippen LogP contribution >= 0.6 is 11.6 Å². The van der Waals surface area contributed by atoms with Crippen molar-refractivity contribution in [1.82, 2.24) is 9.97 Å². The van der Waals surface area contributed by atoms with E-state index in [-0.39, 0.29) is 17.4 Å². The maximum atomic E-state index is 12.6. The number of amides is 1. The molecule has 3 rings (SSSR count). The molecule has 0 aliphatic heterocycles. The Balaban J connectivity index is 1.79. The molecule has 142 valence electrons. The highest BCUT2D eigenvalue weighted by Crippen LogP contribution is 2.28. The summed E-state index contributed by atoms with van der Waals surface area (Å²) in [6.07, 6.45) is 1.47. The first-order chi connectivity index (χ1) is 13.5. The number of ketones is 1. The second kappa shape index (κ2) is 8.49. The van der Waals surface area contributed by atoms with Crippen molar-refractivity contribution in [2.45, 2.75) is 6.92 Å². The van der Waals surface area contributed by atoms with Gasteiger partial charge in [0.1, 0.15) is 11.4 Å². The van der Waals surface area contributed by atoms with Gasteiger partial charge in [-0.2, -0.15) is 0 Å². The van der Waals surface area contributed by atoms with Gasteiger partial charge in [-0.15, -0.1) is 0 Å². The minimum atomic E-state index is -0.441. The molecule has 0 aliphatic carbocycles. The smallest absolute Gasteiger partial charge is 0.274 e. The normalized spacial score (nSPS) is 10.2. The highest BCUT2D eigenvalue weighted by atomic mass is 35.5. The molecule has 0 bridgehead atoms. The standard InChI is InChI=1S/C20H17ClN4O3/c1-12(26)13-4-3-5-15(10-13)23-20-22-9-8-16(25-20)19(27)24-17-11-14(21)6-7-18(17)28-2/h3-11H,1-2H3,(H,24,27)(H,22,23,25). The number of rotatable bonds is 6. The van der Waals surface area contributed by atoms with Crippen LogP contribution in [0.3, 0.4) is 0 Å². The molecule has 0 unspecified atom stereocenters. The van der Waals surface area contributed by atoms with Gasteiger partial charge >= 0.3 is 0 Å². The summed E-state index contributed by atoms with van der Waals surface area (Å²) in [5, 5.41) is 6.18. The molecular weight excluding hydrogens is 380 g/mol. The molecule has 0 saturated heterocycles. The van der Waals surface area contributed by atoms with Crippen LogP contribution in [0.25, 0.3) is 0 Å². The number of halogens is 1. The van der Waals surface area contributed by atoms with E-state index < -0.39 is 5.91 Å². The quantitative estimate of drug-likeness (QED) is 0.602. The number of hydrogen-bond acceptors (Lipinski definition) is 6. The van der Waals surface area contributed by atoms with E-state index in [9.17, 15) is 9.59 Å². The number of hydrogen-bond donors (Lipinski definition) is 2. The summed E-state index contributed by atoms with van der Waals surface area (Å²) in [6.45, 7) is 1.49. The third kappa shape index (κ3) is 4.63. The molecule has 0 radical (unpaired) electrons.